The molecule has 0 unspecified atom stereocenters. The van der Waals surface area contributed by atoms with Crippen molar-refractivity contribution in [3.05, 3.63) is 232 Å². The SMILES string of the molecule is CC(C)c1cccc(C(C)C)c1NC(=O)c1ccc(/[N+](O)=C/c2ccc(/C=[N+](/[O-])c3ccc(C(=O)Nc4c(C(C)C)cccc4C(C)C)cc3)s2)cc1.CCCCNC(=O)c1ccc(/[N+](O)=C/c2ccc(/C=[N+](/[O-])c3ccc(C(=O)NCCCC)cc3)s2)cc1. The highest BCUT2D eigenvalue weighted by Crippen LogP contribution is 2.35. The summed E-state index contributed by atoms with van der Waals surface area (Å²) in [5.74, 6) is 0.251. The van der Waals surface area contributed by atoms with Crippen molar-refractivity contribution >= 4 is 105 Å². The number of nitrogens with zero attached hydrogens (tertiary/aromatic N) is 4. The maximum Gasteiger partial charge on any atom is 0.257 e. The van der Waals surface area contributed by atoms with Crippen LogP contribution in [0.4, 0.5) is 34.1 Å². The minimum Gasteiger partial charge on any atom is -0.618 e. The average Bonchev–Trinajstić information content (AvgIpc) is 3.49. The second-order valence-electron chi connectivity index (χ2n) is 22.9. The summed E-state index contributed by atoms with van der Waals surface area (Å²) >= 11 is 2.66. The van der Waals surface area contributed by atoms with Gasteiger partial charge in [-0.1, -0.05) is 118 Å². The first-order valence-electron chi connectivity index (χ1n) is 30.5. The molecule has 0 bridgehead atoms. The number of benzene rings is 6. The third-order valence-electron chi connectivity index (χ3n) is 14.7. The number of hydrogen-bond acceptors (Lipinski definition) is 10. The van der Waals surface area contributed by atoms with E-state index in [-0.39, 0.29) is 47.3 Å². The summed E-state index contributed by atoms with van der Waals surface area (Å²) in [6.45, 7) is 22.3. The van der Waals surface area contributed by atoms with Gasteiger partial charge in [-0.2, -0.15) is 9.48 Å². The highest BCUT2D eigenvalue weighted by molar-refractivity contribution is 7.15. The Labute approximate surface area is 536 Å². The fourth-order valence-electron chi connectivity index (χ4n) is 9.56. The molecule has 0 aliphatic heterocycles. The molecule has 0 atom stereocenters. The van der Waals surface area contributed by atoms with Gasteiger partial charge in [-0.05, 0) is 132 Å². The van der Waals surface area contributed by atoms with Crippen LogP contribution in [0.25, 0.3) is 0 Å². The van der Waals surface area contributed by atoms with Gasteiger partial charge in [0, 0.05) is 105 Å². The van der Waals surface area contributed by atoms with Crippen LogP contribution in [-0.4, -0.2) is 90.9 Å². The van der Waals surface area contributed by atoms with Crippen molar-refractivity contribution in [2.45, 2.75) is 119 Å². The summed E-state index contributed by atoms with van der Waals surface area (Å²) in [7, 11) is 0. The molecule has 8 aromatic rings. The van der Waals surface area contributed by atoms with Crippen LogP contribution in [0.2, 0.25) is 0 Å². The van der Waals surface area contributed by atoms with Crippen molar-refractivity contribution in [2.24, 2.45) is 0 Å². The summed E-state index contributed by atoms with van der Waals surface area (Å²) in [6, 6.07) is 45.9. The van der Waals surface area contributed by atoms with E-state index in [1.807, 2.05) is 42.5 Å². The minimum absolute atomic E-state index is 0.140. The van der Waals surface area contributed by atoms with E-state index in [0.717, 1.165) is 88.0 Å². The van der Waals surface area contributed by atoms with E-state index >= 15 is 0 Å². The number of anilines is 2. The molecule has 0 saturated heterocycles. The summed E-state index contributed by atoms with van der Waals surface area (Å²) < 4.78 is 3.47. The Balaban J connectivity index is 0.000000273. The van der Waals surface area contributed by atoms with Crippen molar-refractivity contribution < 1.29 is 48.5 Å². The quantitative estimate of drug-likeness (QED) is 0.00853. The lowest BCUT2D eigenvalue weighted by Gasteiger charge is -2.20. The van der Waals surface area contributed by atoms with Gasteiger partial charge in [0.15, 0.2) is 12.4 Å². The van der Waals surface area contributed by atoms with Crippen LogP contribution in [0.1, 0.15) is 202 Å². The summed E-state index contributed by atoms with van der Waals surface area (Å²) in [5.41, 5.74) is 9.80. The number of hydrogen-bond donors (Lipinski definition) is 6. The molecule has 0 saturated carbocycles. The Kier molecular flexibility index (Phi) is 24.6. The van der Waals surface area contributed by atoms with Crippen molar-refractivity contribution in [2.75, 3.05) is 23.7 Å². The minimum atomic E-state index is -0.231. The first-order chi connectivity index (χ1) is 43.1. The maximum atomic E-state index is 13.3. The molecule has 18 heteroatoms. The fourth-order valence-corrected chi connectivity index (χ4v) is 11.2. The van der Waals surface area contributed by atoms with Crippen molar-refractivity contribution in [1.29, 1.82) is 0 Å². The third kappa shape index (κ3) is 18.8. The maximum absolute atomic E-state index is 13.3. The van der Waals surface area contributed by atoms with E-state index in [1.54, 1.807) is 128 Å². The van der Waals surface area contributed by atoms with Gasteiger partial charge in [-0.25, -0.2) is 0 Å². The molecule has 0 aliphatic carbocycles. The lowest BCUT2D eigenvalue weighted by molar-refractivity contribution is -0.709. The molecular formula is C72H82N8O8S2+2. The van der Waals surface area contributed by atoms with Gasteiger partial charge >= 0.3 is 0 Å². The van der Waals surface area contributed by atoms with Gasteiger partial charge in [0.05, 0.1) is 19.5 Å². The van der Waals surface area contributed by atoms with Gasteiger partial charge in [0.1, 0.15) is 0 Å². The monoisotopic (exact) mass is 1250 g/mol. The number of rotatable bonds is 24. The zero-order chi connectivity index (χ0) is 65.0. The van der Waals surface area contributed by atoms with Crippen molar-refractivity contribution in [3.8, 4) is 0 Å². The largest absolute Gasteiger partial charge is 0.618 e. The lowest BCUT2D eigenvalue weighted by atomic mass is 9.92. The molecule has 6 N–H and O–H groups in total. The van der Waals surface area contributed by atoms with Crippen LogP contribution in [0.15, 0.2) is 158 Å². The van der Waals surface area contributed by atoms with Crippen molar-refractivity contribution in [1.82, 2.24) is 10.6 Å². The molecule has 0 radical (unpaired) electrons. The number of nitrogens with one attached hydrogen (secondary N) is 4. The van der Waals surface area contributed by atoms with Crippen LogP contribution in [0, 0.1) is 10.4 Å². The third-order valence-corrected chi connectivity index (χ3v) is 16.6. The highest BCUT2D eigenvalue weighted by atomic mass is 32.1. The molecule has 6 aromatic carbocycles. The molecule has 16 nitrogen and oxygen atoms in total. The molecule has 0 fully saturated rings. The molecule has 0 aliphatic rings. The van der Waals surface area contributed by atoms with Crippen LogP contribution >= 0.6 is 22.7 Å². The number of unbranched alkanes of at least 4 members (excludes halogenated alkanes) is 2. The van der Waals surface area contributed by atoms with Crippen LogP contribution in [0.3, 0.4) is 0 Å². The molecule has 2 heterocycles. The van der Waals surface area contributed by atoms with Crippen LogP contribution in [-0.2, 0) is 0 Å². The zero-order valence-corrected chi connectivity index (χ0v) is 54.5. The zero-order valence-electron chi connectivity index (χ0n) is 52.8. The van der Waals surface area contributed by atoms with E-state index in [4.69, 9.17) is 0 Å². The highest BCUT2D eigenvalue weighted by Gasteiger charge is 2.21. The Morgan fingerprint density at radius 3 is 0.944 bits per heavy atom. The number of carbonyl (C=O) groups is 4. The first-order valence-corrected chi connectivity index (χ1v) is 32.1. The number of carbonyl (C=O) groups excluding carboxylic acids is 4. The predicted octanol–water partition coefficient (Wildman–Crippen LogP) is 16.4. The molecule has 0 spiro atoms. The van der Waals surface area contributed by atoms with Crippen molar-refractivity contribution in [3.63, 3.8) is 0 Å². The Hall–Kier alpha value is -9.52. The van der Waals surface area contributed by atoms with E-state index in [2.05, 4.69) is 90.5 Å². The normalized spacial score (nSPS) is 12.1. The van der Waals surface area contributed by atoms with Crippen LogP contribution < -0.4 is 21.3 Å². The second kappa shape index (κ2) is 32.6. The molecular weight excluding hydrogens is 1170 g/mol. The van der Waals surface area contributed by atoms with Gasteiger partial charge < -0.3 is 31.7 Å². The smallest absolute Gasteiger partial charge is 0.257 e. The van der Waals surface area contributed by atoms with E-state index in [0.29, 0.717) is 67.8 Å². The fraction of sp³-hybridized carbons (Fsp3) is 0.278. The van der Waals surface area contributed by atoms with Gasteiger partial charge in [-0.3, -0.25) is 29.6 Å². The molecule has 2 aromatic heterocycles. The summed E-state index contributed by atoms with van der Waals surface area (Å²) in [4.78, 5) is 53.6. The van der Waals surface area contributed by atoms with E-state index in [9.17, 15) is 40.0 Å². The molecule has 4 amide bonds. The summed E-state index contributed by atoms with van der Waals surface area (Å²) in [5, 5.41) is 58.9. The van der Waals surface area contributed by atoms with E-state index in [1.165, 1.54) is 35.1 Å². The topological polar surface area (TPSA) is 215 Å². The molecule has 8 rings (SSSR count). The Morgan fingerprint density at radius 1 is 0.400 bits per heavy atom. The predicted molar refractivity (Wildman–Crippen MR) is 365 cm³/mol. The Bertz CT molecular complexity index is 3580. The summed E-state index contributed by atoms with van der Waals surface area (Å²) in [6.07, 6.45) is 9.87. The average molecular weight is 1250 g/mol. The van der Waals surface area contributed by atoms with Crippen LogP contribution in [0.5, 0.6) is 0 Å². The first kappa shape index (κ1) is 68.0. The standard InChI is InChI=1S/C44H48N4O4S.C28H32N4O4S/c1-27(2)37-11-9-12-38(28(3)4)41(37)45-43(49)31-15-19-33(20-16-31)47(51)25-35-23-24-36(53-35)26-48(52)34-21-17-32(18-22-34)44(50)46-42-39(29(5)6)13-10-14-40(42)30(7)8;1-3-5-17-29-27(33)21-7-11-23(12-8-21)31(35)19-25-15-16-26(37-25)20-32(36)24-13-9-22(10-14-24)28(34)30-18-6-4-2/h9-30H,1-8H3,(H2-,45,46,49,50,51);7-16,19-20H,3-6,17-18H2,1-2H3,(H2-,29,30,33,34,35)/p+2. The molecule has 90 heavy (non-hydrogen) atoms. The lowest BCUT2D eigenvalue weighted by Crippen LogP contribution is -2.24. The Morgan fingerprint density at radius 2 is 0.667 bits per heavy atom. The van der Waals surface area contributed by atoms with E-state index < -0.39 is 0 Å². The number of thiophene rings is 2. The number of amides is 4. The van der Waals surface area contributed by atoms with Gasteiger partial charge in [0.2, 0.25) is 23.8 Å². The van der Waals surface area contributed by atoms with Gasteiger partial charge in [0.25, 0.3) is 35.0 Å². The number of para-hydroxylation sites is 2. The second-order valence-corrected chi connectivity index (χ2v) is 25.2. The van der Waals surface area contributed by atoms with Gasteiger partial charge in [-0.15, -0.1) is 22.7 Å². The molecule has 468 valence electrons.